The van der Waals surface area contributed by atoms with Crippen molar-refractivity contribution in [1.82, 2.24) is 20.1 Å². The summed E-state index contributed by atoms with van der Waals surface area (Å²) >= 11 is 1.35. The van der Waals surface area contributed by atoms with E-state index in [4.69, 9.17) is 0 Å². The van der Waals surface area contributed by atoms with Crippen LogP contribution in [0.1, 0.15) is 12.2 Å². The number of carbonyl (C=O) groups is 1. The average Bonchev–Trinajstić information content (AvgIpc) is 2.87. The van der Waals surface area contributed by atoms with E-state index in [2.05, 4.69) is 15.4 Å². The fourth-order valence-corrected chi connectivity index (χ4v) is 2.65. The number of benzene rings is 1. The molecule has 0 fully saturated rings. The van der Waals surface area contributed by atoms with Gasteiger partial charge in [-0.1, -0.05) is 12.1 Å². The molecule has 1 N–H and O–H groups in total. The molecule has 0 unspecified atom stereocenters. The molecule has 1 amide bonds. The molecule has 0 atom stereocenters. The lowest BCUT2D eigenvalue weighted by molar-refractivity contribution is -0.120. The normalized spacial score (nSPS) is 10.6. The molecule has 0 aliphatic rings. The van der Waals surface area contributed by atoms with E-state index in [0.29, 0.717) is 30.0 Å². The van der Waals surface area contributed by atoms with Crippen molar-refractivity contribution in [2.24, 2.45) is 7.05 Å². The topological polar surface area (TPSA) is 59.8 Å². The lowest BCUT2D eigenvalue weighted by Gasteiger charge is -2.05. The van der Waals surface area contributed by atoms with Crippen LogP contribution in [0.15, 0.2) is 35.5 Å². The minimum Gasteiger partial charge on any atom is -0.356 e. The number of nitrogens with zero attached hydrogens (tertiary/aromatic N) is 3. The molecule has 0 saturated carbocycles. The van der Waals surface area contributed by atoms with Crippen LogP contribution in [0, 0.1) is 5.82 Å². The Balaban J connectivity index is 1.64. The van der Waals surface area contributed by atoms with Crippen molar-refractivity contribution in [3.63, 3.8) is 0 Å². The lowest BCUT2D eigenvalue weighted by Crippen LogP contribution is -2.26. The third kappa shape index (κ3) is 4.86. The van der Waals surface area contributed by atoms with E-state index >= 15 is 0 Å². The van der Waals surface area contributed by atoms with Gasteiger partial charge in [-0.3, -0.25) is 9.48 Å². The number of hydrogen-bond acceptors (Lipinski definition) is 4. The molecule has 21 heavy (non-hydrogen) atoms. The van der Waals surface area contributed by atoms with Gasteiger partial charge in [0.15, 0.2) is 0 Å². The third-order valence-electron chi connectivity index (χ3n) is 2.90. The lowest BCUT2D eigenvalue weighted by atomic mass is 10.3. The molecule has 1 aromatic carbocycles. The van der Waals surface area contributed by atoms with E-state index in [-0.39, 0.29) is 11.7 Å². The van der Waals surface area contributed by atoms with Gasteiger partial charge in [0, 0.05) is 37.1 Å². The van der Waals surface area contributed by atoms with Gasteiger partial charge in [-0.25, -0.2) is 9.37 Å². The Morgan fingerprint density at radius 3 is 2.95 bits per heavy atom. The number of aromatic nitrogens is 3. The minimum atomic E-state index is -0.245. The standard InChI is InChI=1S/C14H17FN4OS/c1-19-13(17-10-18-19)6-8-16-14(20)7-9-21-12-5-3-2-4-11(12)15/h2-5,10H,6-9H2,1H3,(H,16,20). The van der Waals surface area contributed by atoms with Crippen molar-refractivity contribution in [3.05, 3.63) is 42.2 Å². The highest BCUT2D eigenvalue weighted by Crippen LogP contribution is 2.21. The number of nitrogens with one attached hydrogen (secondary N) is 1. The summed E-state index contributed by atoms with van der Waals surface area (Å²) in [4.78, 5) is 16.3. The Labute approximate surface area is 127 Å². The van der Waals surface area contributed by atoms with Crippen LogP contribution in [0.5, 0.6) is 0 Å². The van der Waals surface area contributed by atoms with E-state index in [1.165, 1.54) is 24.2 Å². The van der Waals surface area contributed by atoms with Crippen LogP contribution in [0.2, 0.25) is 0 Å². The first-order chi connectivity index (χ1) is 10.2. The van der Waals surface area contributed by atoms with E-state index in [1.54, 1.807) is 22.9 Å². The van der Waals surface area contributed by atoms with Gasteiger partial charge in [0.1, 0.15) is 18.0 Å². The maximum Gasteiger partial charge on any atom is 0.220 e. The van der Waals surface area contributed by atoms with Crippen molar-refractivity contribution < 1.29 is 9.18 Å². The van der Waals surface area contributed by atoms with Crippen LogP contribution >= 0.6 is 11.8 Å². The maximum atomic E-state index is 13.4. The third-order valence-corrected chi connectivity index (χ3v) is 3.95. The minimum absolute atomic E-state index is 0.0407. The summed E-state index contributed by atoms with van der Waals surface area (Å²) in [5.74, 6) is 1.10. The first kappa shape index (κ1) is 15.5. The van der Waals surface area contributed by atoms with Gasteiger partial charge in [-0.05, 0) is 12.1 Å². The van der Waals surface area contributed by atoms with Crippen molar-refractivity contribution in [1.29, 1.82) is 0 Å². The molecule has 0 saturated heterocycles. The molecule has 0 aliphatic heterocycles. The Morgan fingerprint density at radius 2 is 2.24 bits per heavy atom. The summed E-state index contributed by atoms with van der Waals surface area (Å²) in [6, 6.07) is 6.57. The molecule has 0 spiro atoms. The zero-order valence-electron chi connectivity index (χ0n) is 11.8. The van der Waals surface area contributed by atoms with Crippen LogP contribution in [-0.4, -0.2) is 33.0 Å². The van der Waals surface area contributed by atoms with E-state index in [1.807, 2.05) is 7.05 Å². The van der Waals surface area contributed by atoms with E-state index in [0.717, 1.165) is 5.82 Å². The van der Waals surface area contributed by atoms with Gasteiger partial charge < -0.3 is 5.32 Å². The maximum absolute atomic E-state index is 13.4. The second-order valence-electron chi connectivity index (χ2n) is 4.43. The van der Waals surface area contributed by atoms with Crippen LogP contribution in [0.25, 0.3) is 0 Å². The molecule has 2 aromatic rings. The highest BCUT2D eigenvalue weighted by molar-refractivity contribution is 7.99. The summed E-state index contributed by atoms with van der Waals surface area (Å²) in [6.45, 7) is 0.524. The molecule has 112 valence electrons. The first-order valence-electron chi connectivity index (χ1n) is 6.63. The summed E-state index contributed by atoms with van der Waals surface area (Å²) in [7, 11) is 1.81. The van der Waals surface area contributed by atoms with Crippen LogP contribution < -0.4 is 5.32 Å². The predicted octanol–water partition coefficient (Wildman–Crippen LogP) is 1.80. The van der Waals surface area contributed by atoms with Gasteiger partial charge in [0.2, 0.25) is 5.91 Å². The number of thioether (sulfide) groups is 1. The fourth-order valence-electron chi connectivity index (χ4n) is 1.76. The van der Waals surface area contributed by atoms with Crippen molar-refractivity contribution in [3.8, 4) is 0 Å². The highest BCUT2D eigenvalue weighted by atomic mass is 32.2. The number of hydrogen-bond donors (Lipinski definition) is 1. The number of rotatable bonds is 7. The fraction of sp³-hybridized carbons (Fsp3) is 0.357. The van der Waals surface area contributed by atoms with E-state index < -0.39 is 0 Å². The number of amides is 1. The quantitative estimate of drug-likeness (QED) is 0.792. The second kappa shape index (κ2) is 7.78. The molecule has 2 rings (SSSR count). The molecule has 1 aromatic heterocycles. The van der Waals surface area contributed by atoms with Crippen molar-refractivity contribution in [2.75, 3.05) is 12.3 Å². The van der Waals surface area contributed by atoms with Gasteiger partial charge in [-0.15, -0.1) is 11.8 Å². The van der Waals surface area contributed by atoms with E-state index in [9.17, 15) is 9.18 Å². The molecule has 0 radical (unpaired) electrons. The number of carbonyl (C=O) groups excluding carboxylic acids is 1. The zero-order chi connectivity index (χ0) is 15.1. The van der Waals surface area contributed by atoms with Crippen molar-refractivity contribution in [2.45, 2.75) is 17.7 Å². The zero-order valence-corrected chi connectivity index (χ0v) is 12.6. The van der Waals surface area contributed by atoms with Crippen LogP contribution in [0.3, 0.4) is 0 Å². The molecule has 0 bridgehead atoms. The second-order valence-corrected chi connectivity index (χ2v) is 5.57. The largest absolute Gasteiger partial charge is 0.356 e. The van der Waals surface area contributed by atoms with Crippen LogP contribution in [0.4, 0.5) is 4.39 Å². The summed E-state index contributed by atoms with van der Waals surface area (Å²) in [6.07, 6.45) is 2.49. The molecular weight excluding hydrogens is 291 g/mol. The molecule has 0 aliphatic carbocycles. The molecular formula is C14H17FN4OS. The van der Waals surface area contributed by atoms with Crippen LogP contribution in [-0.2, 0) is 18.3 Å². The highest BCUT2D eigenvalue weighted by Gasteiger charge is 2.05. The van der Waals surface area contributed by atoms with Crippen molar-refractivity contribution >= 4 is 17.7 Å². The summed E-state index contributed by atoms with van der Waals surface area (Å²) in [5.41, 5.74) is 0. The Bertz CT molecular complexity index is 602. The molecule has 1 heterocycles. The first-order valence-corrected chi connectivity index (χ1v) is 7.62. The smallest absolute Gasteiger partial charge is 0.220 e. The number of aryl methyl sites for hydroxylation is 1. The Morgan fingerprint density at radius 1 is 1.43 bits per heavy atom. The number of halogens is 1. The predicted molar refractivity (Wildman–Crippen MR) is 79.5 cm³/mol. The molecule has 7 heteroatoms. The monoisotopic (exact) mass is 308 g/mol. The molecule has 5 nitrogen and oxygen atoms in total. The summed E-state index contributed by atoms with van der Waals surface area (Å²) in [5, 5.41) is 6.78. The Hall–Kier alpha value is -1.89. The average molecular weight is 308 g/mol. The van der Waals surface area contributed by atoms with Gasteiger partial charge >= 0.3 is 0 Å². The Kier molecular flexibility index (Phi) is 5.74. The summed E-state index contributed by atoms with van der Waals surface area (Å²) < 4.78 is 15.1. The van der Waals surface area contributed by atoms with Gasteiger partial charge in [0.05, 0.1) is 0 Å². The van der Waals surface area contributed by atoms with Gasteiger partial charge in [-0.2, -0.15) is 5.10 Å². The van der Waals surface area contributed by atoms with Gasteiger partial charge in [0.25, 0.3) is 0 Å². The SMILES string of the molecule is Cn1ncnc1CCNC(=O)CCSc1ccccc1F.